The van der Waals surface area contributed by atoms with Crippen LogP contribution in [0.15, 0.2) is 65.6 Å². The van der Waals surface area contributed by atoms with Crippen LogP contribution in [0.3, 0.4) is 0 Å². The minimum Gasteiger partial charge on any atom is -0.267 e. The summed E-state index contributed by atoms with van der Waals surface area (Å²) in [7, 11) is 0. The lowest BCUT2D eigenvalue weighted by Gasteiger charge is -2.13. The van der Waals surface area contributed by atoms with Crippen LogP contribution in [0, 0.1) is 5.82 Å². The fourth-order valence-corrected chi connectivity index (χ4v) is 3.39. The van der Waals surface area contributed by atoms with Crippen LogP contribution < -0.4 is 5.56 Å². The molecule has 0 bridgehead atoms. The van der Waals surface area contributed by atoms with Crippen LogP contribution in [0.4, 0.5) is 17.6 Å². The van der Waals surface area contributed by atoms with Gasteiger partial charge in [-0.25, -0.2) is 4.39 Å². The number of hydrogen-bond donors (Lipinski definition) is 0. The first-order valence-corrected chi connectivity index (χ1v) is 9.63. The van der Waals surface area contributed by atoms with E-state index in [4.69, 9.17) is 0 Å². The molecule has 8 heteroatoms. The van der Waals surface area contributed by atoms with Crippen molar-refractivity contribution < 1.29 is 17.6 Å². The molecule has 158 valence electrons. The van der Waals surface area contributed by atoms with Crippen LogP contribution in [0.2, 0.25) is 0 Å². The van der Waals surface area contributed by atoms with E-state index < -0.39 is 23.1 Å². The number of aromatic nitrogens is 3. The van der Waals surface area contributed by atoms with E-state index >= 15 is 0 Å². The molecule has 0 amide bonds. The van der Waals surface area contributed by atoms with E-state index in [1.807, 2.05) is 6.92 Å². The van der Waals surface area contributed by atoms with E-state index in [2.05, 4.69) is 10.1 Å². The summed E-state index contributed by atoms with van der Waals surface area (Å²) >= 11 is 0. The van der Waals surface area contributed by atoms with Gasteiger partial charge < -0.3 is 0 Å². The van der Waals surface area contributed by atoms with Gasteiger partial charge in [-0.2, -0.15) is 23.0 Å². The van der Waals surface area contributed by atoms with Crippen molar-refractivity contribution in [2.24, 2.45) is 0 Å². The van der Waals surface area contributed by atoms with Gasteiger partial charge in [-0.05, 0) is 54.4 Å². The molecule has 4 nitrogen and oxygen atoms in total. The number of pyridine rings is 1. The Morgan fingerprint density at radius 3 is 2.45 bits per heavy atom. The van der Waals surface area contributed by atoms with Gasteiger partial charge in [-0.3, -0.25) is 9.78 Å². The number of benzene rings is 2. The fraction of sp³-hybridized carbons (Fsp3) is 0.174. The molecule has 0 unspecified atom stereocenters. The summed E-state index contributed by atoms with van der Waals surface area (Å²) in [5, 5.41) is 4.56. The molecule has 2 aromatic heterocycles. The van der Waals surface area contributed by atoms with Crippen LogP contribution >= 0.6 is 0 Å². The van der Waals surface area contributed by atoms with E-state index in [0.29, 0.717) is 12.1 Å². The van der Waals surface area contributed by atoms with Crippen LogP contribution in [0.5, 0.6) is 0 Å². The van der Waals surface area contributed by atoms with E-state index in [1.54, 1.807) is 12.3 Å². The molecule has 0 aliphatic rings. The van der Waals surface area contributed by atoms with Gasteiger partial charge >= 0.3 is 6.18 Å². The topological polar surface area (TPSA) is 47.8 Å². The molecule has 0 atom stereocenters. The van der Waals surface area contributed by atoms with Gasteiger partial charge in [-0.15, -0.1) is 0 Å². The molecule has 2 heterocycles. The van der Waals surface area contributed by atoms with E-state index in [1.165, 1.54) is 36.4 Å². The number of aryl methyl sites for hydroxylation is 1. The molecule has 0 spiro atoms. The Morgan fingerprint density at radius 1 is 1.03 bits per heavy atom. The zero-order valence-corrected chi connectivity index (χ0v) is 16.4. The summed E-state index contributed by atoms with van der Waals surface area (Å²) in [6.07, 6.45) is -1.39. The molecule has 4 aromatic rings. The van der Waals surface area contributed by atoms with Gasteiger partial charge in [0.15, 0.2) is 0 Å². The van der Waals surface area contributed by atoms with Gasteiger partial charge in [0.25, 0.3) is 5.56 Å². The molecule has 0 N–H and O–H groups in total. The Balaban J connectivity index is 2.03. The minimum absolute atomic E-state index is 0.132. The molecule has 0 radical (unpaired) electrons. The minimum atomic E-state index is -4.53. The highest BCUT2D eigenvalue weighted by Crippen LogP contribution is 2.33. The lowest BCUT2D eigenvalue weighted by Crippen LogP contribution is -2.23. The lowest BCUT2D eigenvalue weighted by molar-refractivity contribution is -0.137. The first-order chi connectivity index (χ1) is 14.8. The second kappa shape index (κ2) is 7.94. The summed E-state index contributed by atoms with van der Waals surface area (Å²) < 4.78 is 54.2. The first-order valence-electron chi connectivity index (χ1n) is 9.63. The smallest absolute Gasteiger partial charge is 0.267 e. The molecule has 31 heavy (non-hydrogen) atoms. The number of fused-ring (bicyclic) bond motifs is 1. The molecular formula is C23H17F4N3O. The first kappa shape index (κ1) is 20.7. The maximum absolute atomic E-state index is 13.4. The van der Waals surface area contributed by atoms with Crippen LogP contribution in [0.1, 0.15) is 24.5 Å². The average molecular weight is 427 g/mol. The van der Waals surface area contributed by atoms with Crippen molar-refractivity contribution in [1.82, 2.24) is 14.8 Å². The van der Waals surface area contributed by atoms with Crippen molar-refractivity contribution in [2.75, 3.05) is 0 Å². The summed E-state index contributed by atoms with van der Waals surface area (Å²) in [6, 6.07) is 11.5. The Morgan fingerprint density at radius 2 is 1.77 bits per heavy atom. The Kier molecular flexibility index (Phi) is 5.31. The molecular weight excluding hydrogens is 410 g/mol. The summed E-state index contributed by atoms with van der Waals surface area (Å²) in [5.41, 5.74) is 0.327. The van der Waals surface area contributed by atoms with Crippen LogP contribution in [-0.2, 0) is 12.6 Å². The third-order valence-electron chi connectivity index (χ3n) is 4.86. The van der Waals surface area contributed by atoms with Gasteiger partial charge in [0.2, 0.25) is 0 Å². The Hall–Kier alpha value is -3.55. The maximum Gasteiger partial charge on any atom is 0.416 e. The molecule has 0 aliphatic heterocycles. The molecule has 0 aliphatic carbocycles. The number of alkyl halides is 3. The number of nitrogens with zero attached hydrogens (tertiary/aromatic N) is 3. The second-order valence-corrected chi connectivity index (χ2v) is 7.11. The number of halogens is 4. The van der Waals surface area contributed by atoms with Crippen molar-refractivity contribution in [3.63, 3.8) is 0 Å². The molecule has 2 aromatic carbocycles. The van der Waals surface area contributed by atoms with Crippen molar-refractivity contribution in [3.05, 3.63) is 88.1 Å². The van der Waals surface area contributed by atoms with Crippen LogP contribution in [-0.4, -0.2) is 14.8 Å². The largest absolute Gasteiger partial charge is 0.416 e. The maximum atomic E-state index is 13.4. The second-order valence-electron chi connectivity index (χ2n) is 7.11. The summed E-state index contributed by atoms with van der Waals surface area (Å²) in [5.74, 6) is -0.484. The molecule has 0 fully saturated rings. The lowest BCUT2D eigenvalue weighted by atomic mass is 10.0. The predicted octanol–water partition coefficient (Wildman–Crippen LogP) is 5.56. The Labute approximate surface area is 174 Å². The van der Waals surface area contributed by atoms with E-state index in [9.17, 15) is 22.4 Å². The van der Waals surface area contributed by atoms with Gasteiger partial charge in [-0.1, -0.05) is 25.5 Å². The summed E-state index contributed by atoms with van der Waals surface area (Å²) in [6.45, 7) is 1.99. The third kappa shape index (κ3) is 4.05. The van der Waals surface area contributed by atoms with Gasteiger partial charge in [0.05, 0.1) is 16.6 Å². The third-order valence-corrected chi connectivity index (χ3v) is 4.86. The zero-order chi connectivity index (χ0) is 22.2. The SMILES string of the molecule is CCCc1cnc2c(-c3cccc(C(F)(F)F)c3)nn(-c3ccc(F)cc3)c(=O)c2c1. The van der Waals surface area contributed by atoms with Crippen molar-refractivity contribution in [3.8, 4) is 16.9 Å². The molecule has 0 saturated carbocycles. The Bertz CT molecular complexity index is 1310. The van der Waals surface area contributed by atoms with Crippen LogP contribution in [0.25, 0.3) is 27.8 Å². The highest BCUT2D eigenvalue weighted by Gasteiger charge is 2.31. The fourth-order valence-electron chi connectivity index (χ4n) is 3.39. The van der Waals surface area contributed by atoms with E-state index in [-0.39, 0.29) is 22.2 Å². The van der Waals surface area contributed by atoms with Gasteiger partial charge in [0.1, 0.15) is 17.0 Å². The highest BCUT2D eigenvalue weighted by molar-refractivity contribution is 5.91. The normalized spacial score (nSPS) is 11.8. The summed E-state index contributed by atoms with van der Waals surface area (Å²) in [4.78, 5) is 17.5. The van der Waals surface area contributed by atoms with Gasteiger partial charge in [0, 0.05) is 11.8 Å². The zero-order valence-electron chi connectivity index (χ0n) is 16.4. The van der Waals surface area contributed by atoms with Crippen molar-refractivity contribution in [1.29, 1.82) is 0 Å². The van der Waals surface area contributed by atoms with Crippen molar-refractivity contribution >= 4 is 10.9 Å². The predicted molar refractivity (Wildman–Crippen MR) is 110 cm³/mol. The average Bonchev–Trinajstić information content (AvgIpc) is 2.75. The number of rotatable bonds is 4. The molecule has 0 saturated heterocycles. The monoisotopic (exact) mass is 427 g/mol. The molecule has 4 rings (SSSR count). The number of hydrogen-bond acceptors (Lipinski definition) is 3. The van der Waals surface area contributed by atoms with E-state index in [0.717, 1.165) is 28.8 Å². The highest BCUT2D eigenvalue weighted by atomic mass is 19.4. The quantitative estimate of drug-likeness (QED) is 0.401. The van der Waals surface area contributed by atoms with Crippen molar-refractivity contribution in [2.45, 2.75) is 25.9 Å². The standard InChI is InChI=1S/C23H17F4N3O/c1-2-4-14-11-19-21(28-13-14)20(15-5-3-6-16(12-15)23(25,26)27)29-30(22(19)31)18-9-7-17(24)8-10-18/h3,5-13H,2,4H2,1H3.